The molecule has 0 spiro atoms. The van der Waals surface area contributed by atoms with E-state index in [1.165, 1.54) is 0 Å². The summed E-state index contributed by atoms with van der Waals surface area (Å²) in [5.41, 5.74) is 7.96. The minimum atomic E-state index is -0.353. The molecule has 6 nitrogen and oxygen atoms in total. The summed E-state index contributed by atoms with van der Waals surface area (Å²) in [6.45, 7) is 4.64. The van der Waals surface area contributed by atoms with Crippen molar-refractivity contribution in [2.75, 3.05) is 19.7 Å². The molecule has 1 N–H and O–H groups in total. The van der Waals surface area contributed by atoms with E-state index in [9.17, 15) is 4.79 Å². The molecule has 0 aromatic rings. The quantitative estimate of drug-likeness (QED) is 0.219. The lowest BCUT2D eigenvalue weighted by molar-refractivity contribution is -0.145. The molecule has 0 rings (SSSR count). The van der Waals surface area contributed by atoms with Crippen LogP contribution < -0.4 is 5.32 Å². The van der Waals surface area contributed by atoms with Gasteiger partial charge in [-0.2, -0.15) is 0 Å². The molecular weight excluding hydrogens is 172 g/mol. The van der Waals surface area contributed by atoms with Crippen molar-refractivity contribution in [3.63, 3.8) is 0 Å². The first kappa shape index (κ1) is 11.7. The third kappa shape index (κ3) is 5.95. The van der Waals surface area contributed by atoms with Gasteiger partial charge in [-0.05, 0) is 19.4 Å². The predicted molar refractivity (Wildman–Crippen MR) is 48.1 cm³/mol. The molecule has 0 aliphatic rings. The molecule has 1 atom stereocenters. The summed E-state index contributed by atoms with van der Waals surface area (Å²) in [7, 11) is 0. The summed E-state index contributed by atoms with van der Waals surface area (Å²) in [6, 6.07) is -0.353. The van der Waals surface area contributed by atoms with Crippen molar-refractivity contribution in [3.05, 3.63) is 10.4 Å². The van der Waals surface area contributed by atoms with Crippen LogP contribution in [0.1, 0.15) is 13.8 Å². The van der Waals surface area contributed by atoms with Crippen LogP contribution in [0.25, 0.3) is 10.4 Å². The van der Waals surface area contributed by atoms with E-state index in [4.69, 9.17) is 10.3 Å². The average Bonchev–Trinajstić information content (AvgIpc) is 2.12. The van der Waals surface area contributed by atoms with Gasteiger partial charge in [0.05, 0.1) is 6.61 Å². The molecule has 13 heavy (non-hydrogen) atoms. The minimum absolute atomic E-state index is 0.288. The van der Waals surface area contributed by atoms with Gasteiger partial charge >= 0.3 is 5.97 Å². The highest BCUT2D eigenvalue weighted by molar-refractivity contribution is 5.75. The summed E-state index contributed by atoms with van der Waals surface area (Å²) >= 11 is 0. The molecule has 0 saturated heterocycles. The summed E-state index contributed by atoms with van der Waals surface area (Å²) in [4.78, 5) is 13.6. The van der Waals surface area contributed by atoms with Gasteiger partial charge in [0.25, 0.3) is 0 Å². The van der Waals surface area contributed by atoms with Gasteiger partial charge in [0.15, 0.2) is 0 Å². The van der Waals surface area contributed by atoms with Gasteiger partial charge in [0, 0.05) is 18.0 Å². The van der Waals surface area contributed by atoms with Crippen molar-refractivity contribution in [1.29, 1.82) is 0 Å². The molecule has 0 aromatic carbocycles. The number of carbonyl (C=O) groups is 1. The Morgan fingerprint density at radius 1 is 1.77 bits per heavy atom. The Hall–Kier alpha value is -1.26. The van der Waals surface area contributed by atoms with Crippen LogP contribution in [0.15, 0.2) is 5.11 Å². The summed E-state index contributed by atoms with van der Waals surface area (Å²) in [6.07, 6.45) is 0. The monoisotopic (exact) mass is 186 g/mol. The largest absolute Gasteiger partial charge is 0.465 e. The first-order chi connectivity index (χ1) is 6.22. The minimum Gasteiger partial charge on any atom is -0.465 e. The fourth-order valence-corrected chi connectivity index (χ4v) is 0.726. The second-order valence-electron chi connectivity index (χ2n) is 2.38. The van der Waals surface area contributed by atoms with E-state index in [1.54, 1.807) is 13.8 Å². The molecule has 0 aromatic heterocycles. The van der Waals surface area contributed by atoms with Crippen LogP contribution in [0.2, 0.25) is 0 Å². The molecule has 6 heteroatoms. The molecule has 0 radical (unpaired) electrons. The van der Waals surface area contributed by atoms with Crippen molar-refractivity contribution in [2.45, 2.75) is 19.9 Å². The average molecular weight is 186 g/mol. The number of nitrogens with one attached hydrogen (secondary N) is 1. The summed E-state index contributed by atoms with van der Waals surface area (Å²) in [5, 5.41) is 6.18. The highest BCUT2D eigenvalue weighted by Crippen LogP contribution is 1.86. The van der Waals surface area contributed by atoms with Gasteiger partial charge in [-0.15, -0.1) is 0 Å². The second kappa shape index (κ2) is 7.39. The SMILES string of the molecule is CCOC(=O)C(C)NCCN=[N+]=[N-]. The van der Waals surface area contributed by atoms with Gasteiger partial charge in [0.2, 0.25) is 0 Å². The summed E-state index contributed by atoms with van der Waals surface area (Å²) < 4.78 is 4.76. The van der Waals surface area contributed by atoms with Crippen LogP contribution in [-0.2, 0) is 9.53 Å². The lowest BCUT2D eigenvalue weighted by atomic mass is 10.3. The second-order valence-corrected chi connectivity index (χ2v) is 2.38. The molecule has 0 bridgehead atoms. The van der Waals surface area contributed by atoms with Crippen molar-refractivity contribution in [1.82, 2.24) is 5.32 Å². The molecule has 0 aliphatic heterocycles. The van der Waals surface area contributed by atoms with E-state index < -0.39 is 0 Å². The number of hydrogen-bond donors (Lipinski definition) is 1. The maximum atomic E-state index is 11.0. The van der Waals surface area contributed by atoms with E-state index in [-0.39, 0.29) is 12.0 Å². The number of carbonyl (C=O) groups excluding carboxylic acids is 1. The molecule has 0 fully saturated rings. The number of azide groups is 1. The third-order valence-corrected chi connectivity index (χ3v) is 1.37. The van der Waals surface area contributed by atoms with E-state index in [1.807, 2.05) is 0 Å². The zero-order valence-electron chi connectivity index (χ0n) is 7.86. The maximum absolute atomic E-state index is 11.0. The molecule has 74 valence electrons. The van der Waals surface area contributed by atoms with Crippen LogP contribution in [0, 0.1) is 0 Å². The van der Waals surface area contributed by atoms with Gasteiger partial charge in [-0.3, -0.25) is 4.79 Å². The molecule has 0 aliphatic carbocycles. The zero-order chi connectivity index (χ0) is 10.1. The van der Waals surface area contributed by atoms with Crippen molar-refractivity contribution < 1.29 is 9.53 Å². The van der Waals surface area contributed by atoms with Crippen molar-refractivity contribution >= 4 is 5.97 Å². The van der Waals surface area contributed by atoms with Crippen molar-refractivity contribution in [3.8, 4) is 0 Å². The van der Waals surface area contributed by atoms with Gasteiger partial charge in [-0.25, -0.2) is 0 Å². The Bertz CT molecular complexity index is 201. The first-order valence-corrected chi connectivity index (χ1v) is 4.13. The topological polar surface area (TPSA) is 87.1 Å². The third-order valence-electron chi connectivity index (χ3n) is 1.37. The number of hydrogen-bond acceptors (Lipinski definition) is 4. The molecule has 0 saturated carbocycles. The van der Waals surface area contributed by atoms with Crippen molar-refractivity contribution in [2.24, 2.45) is 5.11 Å². The Labute approximate surface area is 76.9 Å². The number of ether oxygens (including phenoxy) is 1. The fraction of sp³-hybridized carbons (Fsp3) is 0.857. The van der Waals surface area contributed by atoms with Crippen LogP contribution in [0.4, 0.5) is 0 Å². The highest BCUT2D eigenvalue weighted by Gasteiger charge is 2.11. The molecule has 0 heterocycles. The van der Waals surface area contributed by atoms with Crippen LogP contribution in [0.3, 0.4) is 0 Å². The van der Waals surface area contributed by atoms with Gasteiger partial charge in [-0.1, -0.05) is 5.11 Å². The number of nitrogens with zero attached hydrogens (tertiary/aromatic N) is 3. The zero-order valence-corrected chi connectivity index (χ0v) is 7.86. The van der Waals surface area contributed by atoms with Crippen LogP contribution >= 0.6 is 0 Å². The van der Waals surface area contributed by atoms with E-state index in [2.05, 4.69) is 15.3 Å². The normalized spacial score (nSPS) is 11.5. The highest BCUT2D eigenvalue weighted by atomic mass is 16.5. The fourth-order valence-electron chi connectivity index (χ4n) is 0.726. The summed E-state index contributed by atoms with van der Waals surface area (Å²) in [5.74, 6) is -0.288. The lowest BCUT2D eigenvalue weighted by Crippen LogP contribution is -2.36. The van der Waals surface area contributed by atoms with E-state index in [0.717, 1.165) is 0 Å². The maximum Gasteiger partial charge on any atom is 0.322 e. The van der Waals surface area contributed by atoms with Gasteiger partial charge < -0.3 is 10.1 Å². The molecule has 0 amide bonds. The Kier molecular flexibility index (Phi) is 6.68. The standard InChI is InChI=1S/C7H14N4O2/c1-3-13-7(12)6(2)9-4-5-10-11-8/h6,9H,3-5H2,1-2H3. The van der Waals surface area contributed by atoms with E-state index >= 15 is 0 Å². The first-order valence-electron chi connectivity index (χ1n) is 4.13. The Morgan fingerprint density at radius 3 is 3.00 bits per heavy atom. The Morgan fingerprint density at radius 2 is 2.46 bits per heavy atom. The Balaban J connectivity index is 3.54. The lowest BCUT2D eigenvalue weighted by Gasteiger charge is -2.10. The number of esters is 1. The van der Waals surface area contributed by atoms with E-state index in [0.29, 0.717) is 19.7 Å². The van der Waals surface area contributed by atoms with Crippen LogP contribution in [-0.4, -0.2) is 31.7 Å². The molecule has 1 unspecified atom stereocenters. The molecular formula is C7H14N4O2. The smallest absolute Gasteiger partial charge is 0.322 e. The predicted octanol–water partition coefficient (Wildman–Crippen LogP) is 0.838. The van der Waals surface area contributed by atoms with Crippen LogP contribution in [0.5, 0.6) is 0 Å². The number of rotatable bonds is 6. The van der Waals surface area contributed by atoms with Gasteiger partial charge in [0.1, 0.15) is 6.04 Å².